The van der Waals surface area contributed by atoms with Crippen LogP contribution in [0.5, 0.6) is 0 Å². The molecule has 0 spiro atoms. The smallest absolute Gasteiger partial charge is 0.243 e. The summed E-state index contributed by atoms with van der Waals surface area (Å²) in [5.41, 5.74) is 6.47. The average Bonchev–Trinajstić information content (AvgIpc) is 2.44. The van der Waals surface area contributed by atoms with Gasteiger partial charge < -0.3 is 16.4 Å². The number of nitrogens with one attached hydrogen (secondary N) is 2. The van der Waals surface area contributed by atoms with Crippen molar-refractivity contribution in [3.8, 4) is 0 Å². The molecule has 1 aromatic rings. The summed E-state index contributed by atoms with van der Waals surface area (Å²) in [4.78, 5) is 23.3. The van der Waals surface area contributed by atoms with Crippen molar-refractivity contribution in [3.63, 3.8) is 0 Å². The van der Waals surface area contributed by atoms with Crippen LogP contribution in [-0.2, 0) is 9.59 Å². The zero-order chi connectivity index (χ0) is 14.3. The zero-order valence-electron chi connectivity index (χ0n) is 11.8. The van der Waals surface area contributed by atoms with Crippen molar-refractivity contribution >= 4 is 29.9 Å². The van der Waals surface area contributed by atoms with Crippen LogP contribution in [0.1, 0.15) is 20.3 Å². The van der Waals surface area contributed by atoms with E-state index in [2.05, 4.69) is 10.6 Å². The number of carbonyl (C=O) groups is 2. The Hall–Kier alpha value is -1.59. The van der Waals surface area contributed by atoms with Crippen LogP contribution in [0.4, 0.5) is 5.69 Å². The molecule has 0 fully saturated rings. The number of amides is 2. The molecule has 0 saturated carbocycles. The molecule has 0 aliphatic carbocycles. The van der Waals surface area contributed by atoms with Crippen molar-refractivity contribution in [2.75, 3.05) is 11.9 Å². The SMILES string of the molecule is CCC(C)C(N)C(=O)NCC(=O)Nc1ccccc1.Cl. The minimum Gasteiger partial charge on any atom is -0.346 e. The molecule has 2 atom stereocenters. The van der Waals surface area contributed by atoms with Crippen molar-refractivity contribution in [2.45, 2.75) is 26.3 Å². The van der Waals surface area contributed by atoms with E-state index in [0.29, 0.717) is 5.69 Å². The van der Waals surface area contributed by atoms with Crippen LogP contribution in [-0.4, -0.2) is 24.4 Å². The summed E-state index contributed by atoms with van der Waals surface area (Å²) in [6.45, 7) is 3.81. The lowest BCUT2D eigenvalue weighted by atomic mass is 9.99. The van der Waals surface area contributed by atoms with Crippen LogP contribution in [0.15, 0.2) is 30.3 Å². The Morgan fingerprint density at radius 1 is 1.25 bits per heavy atom. The lowest BCUT2D eigenvalue weighted by molar-refractivity contribution is -0.125. The van der Waals surface area contributed by atoms with Gasteiger partial charge in [0, 0.05) is 5.69 Å². The third-order valence-corrected chi connectivity index (χ3v) is 3.04. The van der Waals surface area contributed by atoms with E-state index < -0.39 is 6.04 Å². The highest BCUT2D eigenvalue weighted by atomic mass is 35.5. The van der Waals surface area contributed by atoms with Crippen LogP contribution in [0.2, 0.25) is 0 Å². The number of halogens is 1. The van der Waals surface area contributed by atoms with Gasteiger partial charge in [0.25, 0.3) is 0 Å². The average molecular weight is 300 g/mol. The van der Waals surface area contributed by atoms with Crippen LogP contribution in [0.3, 0.4) is 0 Å². The maximum absolute atomic E-state index is 11.7. The maximum atomic E-state index is 11.7. The molecule has 0 aromatic heterocycles. The summed E-state index contributed by atoms with van der Waals surface area (Å²) < 4.78 is 0. The van der Waals surface area contributed by atoms with Gasteiger partial charge in [0.15, 0.2) is 0 Å². The minimum absolute atomic E-state index is 0. The van der Waals surface area contributed by atoms with Crippen LogP contribution in [0, 0.1) is 5.92 Å². The van der Waals surface area contributed by atoms with Gasteiger partial charge in [0.2, 0.25) is 11.8 Å². The number of carbonyl (C=O) groups excluding carboxylic acids is 2. The van der Waals surface area contributed by atoms with Crippen LogP contribution >= 0.6 is 12.4 Å². The summed E-state index contributed by atoms with van der Waals surface area (Å²) in [5, 5.41) is 5.23. The highest BCUT2D eigenvalue weighted by Gasteiger charge is 2.19. The minimum atomic E-state index is -0.575. The Balaban J connectivity index is 0.00000361. The molecule has 0 heterocycles. The molecule has 0 aliphatic heterocycles. The molecule has 0 bridgehead atoms. The molecule has 2 amide bonds. The fraction of sp³-hybridized carbons (Fsp3) is 0.429. The van der Waals surface area contributed by atoms with Gasteiger partial charge in [-0.2, -0.15) is 0 Å². The highest BCUT2D eigenvalue weighted by Crippen LogP contribution is 2.05. The molecular formula is C14H22ClN3O2. The fourth-order valence-corrected chi connectivity index (χ4v) is 1.52. The first-order valence-corrected chi connectivity index (χ1v) is 6.42. The van der Waals surface area contributed by atoms with Gasteiger partial charge in [0.05, 0.1) is 12.6 Å². The summed E-state index contributed by atoms with van der Waals surface area (Å²) in [6, 6.07) is 8.51. The number of hydrogen-bond donors (Lipinski definition) is 3. The second-order valence-electron chi connectivity index (χ2n) is 4.54. The molecule has 0 saturated heterocycles. The first-order valence-electron chi connectivity index (χ1n) is 6.42. The molecule has 0 aliphatic rings. The standard InChI is InChI=1S/C14H21N3O2.ClH/c1-3-10(2)13(15)14(19)16-9-12(18)17-11-7-5-4-6-8-11;/h4-8,10,13H,3,9,15H2,1-2H3,(H,16,19)(H,17,18);1H. The van der Waals surface area contributed by atoms with E-state index >= 15 is 0 Å². The Morgan fingerprint density at radius 2 is 1.85 bits per heavy atom. The normalized spacial score (nSPS) is 12.8. The molecule has 2 unspecified atom stereocenters. The Labute approximate surface area is 125 Å². The number of rotatable bonds is 6. The summed E-state index contributed by atoms with van der Waals surface area (Å²) in [7, 11) is 0. The van der Waals surface area contributed by atoms with E-state index in [-0.39, 0.29) is 36.7 Å². The lowest BCUT2D eigenvalue weighted by Crippen LogP contribution is -2.46. The van der Waals surface area contributed by atoms with Gasteiger partial charge in [-0.15, -0.1) is 12.4 Å². The number of nitrogens with two attached hydrogens (primary N) is 1. The summed E-state index contributed by atoms with van der Waals surface area (Å²) in [5.74, 6) is -0.467. The quantitative estimate of drug-likeness (QED) is 0.745. The van der Waals surface area contributed by atoms with E-state index in [1.165, 1.54) is 0 Å². The summed E-state index contributed by atoms with van der Waals surface area (Å²) in [6.07, 6.45) is 0.824. The second-order valence-corrected chi connectivity index (χ2v) is 4.54. The molecule has 1 rings (SSSR count). The molecule has 4 N–H and O–H groups in total. The topological polar surface area (TPSA) is 84.2 Å². The Morgan fingerprint density at radius 3 is 2.40 bits per heavy atom. The molecule has 0 radical (unpaired) electrons. The molecule has 6 heteroatoms. The first kappa shape index (κ1) is 18.4. The summed E-state index contributed by atoms with van der Waals surface area (Å²) >= 11 is 0. The first-order chi connectivity index (χ1) is 9.04. The molecular weight excluding hydrogens is 278 g/mol. The van der Waals surface area contributed by atoms with E-state index in [9.17, 15) is 9.59 Å². The van der Waals surface area contributed by atoms with Crippen molar-refractivity contribution in [3.05, 3.63) is 30.3 Å². The number of hydrogen-bond acceptors (Lipinski definition) is 3. The van der Waals surface area contributed by atoms with Crippen molar-refractivity contribution < 1.29 is 9.59 Å². The highest BCUT2D eigenvalue weighted by molar-refractivity contribution is 5.95. The number of anilines is 1. The molecule has 1 aromatic carbocycles. The van der Waals surface area contributed by atoms with E-state index in [4.69, 9.17) is 5.73 Å². The second kappa shape index (κ2) is 9.34. The molecule has 112 valence electrons. The third-order valence-electron chi connectivity index (χ3n) is 3.04. The van der Waals surface area contributed by atoms with Gasteiger partial charge in [-0.1, -0.05) is 38.5 Å². The monoisotopic (exact) mass is 299 g/mol. The van der Waals surface area contributed by atoms with Gasteiger partial charge in [-0.05, 0) is 18.1 Å². The van der Waals surface area contributed by atoms with Gasteiger partial charge in [0.1, 0.15) is 0 Å². The molecule has 5 nitrogen and oxygen atoms in total. The zero-order valence-corrected chi connectivity index (χ0v) is 12.6. The molecule has 20 heavy (non-hydrogen) atoms. The predicted octanol–water partition coefficient (Wildman–Crippen LogP) is 1.54. The Kier molecular flexibility index (Phi) is 8.59. The van der Waals surface area contributed by atoms with E-state index in [1.54, 1.807) is 12.1 Å². The van der Waals surface area contributed by atoms with Gasteiger partial charge >= 0.3 is 0 Å². The number of benzene rings is 1. The van der Waals surface area contributed by atoms with Crippen molar-refractivity contribution in [1.82, 2.24) is 5.32 Å². The maximum Gasteiger partial charge on any atom is 0.243 e. The van der Waals surface area contributed by atoms with Crippen molar-refractivity contribution in [1.29, 1.82) is 0 Å². The van der Waals surface area contributed by atoms with Gasteiger partial charge in [-0.3, -0.25) is 9.59 Å². The Bertz CT molecular complexity index is 426. The van der Waals surface area contributed by atoms with Gasteiger partial charge in [-0.25, -0.2) is 0 Å². The van der Waals surface area contributed by atoms with Crippen molar-refractivity contribution in [2.24, 2.45) is 11.7 Å². The van der Waals surface area contributed by atoms with E-state index in [1.807, 2.05) is 32.0 Å². The number of para-hydroxylation sites is 1. The van der Waals surface area contributed by atoms with Crippen LogP contribution < -0.4 is 16.4 Å². The fourth-order valence-electron chi connectivity index (χ4n) is 1.52. The van der Waals surface area contributed by atoms with E-state index in [0.717, 1.165) is 6.42 Å². The van der Waals surface area contributed by atoms with Crippen LogP contribution in [0.25, 0.3) is 0 Å². The lowest BCUT2D eigenvalue weighted by Gasteiger charge is -2.17. The largest absolute Gasteiger partial charge is 0.346 e. The predicted molar refractivity (Wildman–Crippen MR) is 82.8 cm³/mol. The third kappa shape index (κ3) is 6.04.